The van der Waals surface area contributed by atoms with Crippen LogP contribution in [0.25, 0.3) is 21.9 Å². The molecule has 0 amide bonds. The highest BCUT2D eigenvalue weighted by Crippen LogP contribution is 2.49. The summed E-state index contributed by atoms with van der Waals surface area (Å²) in [5.41, 5.74) is 2.26. The monoisotopic (exact) mass is 370 g/mol. The molecule has 3 aromatic rings. The Morgan fingerprint density at radius 3 is 2.56 bits per heavy atom. The van der Waals surface area contributed by atoms with E-state index in [1.54, 1.807) is 19.1 Å². The zero-order valence-electron chi connectivity index (χ0n) is 15.3. The molecule has 2 aromatic carbocycles. The number of aryl methyl sites for hydroxylation is 2. The highest BCUT2D eigenvalue weighted by molar-refractivity contribution is 5.98. The van der Waals surface area contributed by atoms with E-state index in [4.69, 9.17) is 18.6 Å². The van der Waals surface area contributed by atoms with Gasteiger partial charge in [0.1, 0.15) is 22.3 Å². The Bertz CT molecular complexity index is 1160. The van der Waals surface area contributed by atoms with E-state index in [2.05, 4.69) is 0 Å². The minimum atomic E-state index is -1.08. The highest BCUT2D eigenvalue weighted by Gasteiger charge is 2.42. The van der Waals surface area contributed by atoms with Crippen LogP contribution in [0.3, 0.4) is 0 Å². The van der Waals surface area contributed by atoms with Crippen LogP contribution in [0.5, 0.6) is 5.75 Å². The fraction of sp³-hybridized carbons (Fsp3) is 0.300. The molecule has 0 fully saturated rings. The van der Waals surface area contributed by atoms with Gasteiger partial charge in [-0.3, -0.25) is 4.79 Å². The van der Waals surface area contributed by atoms with E-state index in [1.165, 1.54) is 14.2 Å². The summed E-state index contributed by atoms with van der Waals surface area (Å²) in [4.78, 5) is 25.3. The number of phenols is 1. The quantitative estimate of drug-likeness (QED) is 0.547. The van der Waals surface area contributed by atoms with Gasteiger partial charge < -0.3 is 23.7 Å². The van der Waals surface area contributed by atoms with E-state index < -0.39 is 18.4 Å². The second-order valence-corrected chi connectivity index (χ2v) is 6.49. The molecule has 2 unspecified atom stereocenters. The smallest absolute Gasteiger partial charge is 0.339 e. The summed E-state index contributed by atoms with van der Waals surface area (Å²) in [5, 5.41) is 11.3. The third kappa shape index (κ3) is 2.28. The van der Waals surface area contributed by atoms with E-state index in [-0.39, 0.29) is 27.7 Å². The molecule has 1 N–H and O–H groups in total. The number of fused-ring (bicyclic) bond motifs is 3. The van der Waals surface area contributed by atoms with Crippen LogP contribution in [0.4, 0.5) is 0 Å². The van der Waals surface area contributed by atoms with E-state index >= 15 is 0 Å². The summed E-state index contributed by atoms with van der Waals surface area (Å²) in [6.45, 7) is 3.55. The number of carbonyl (C=O) groups is 1. The van der Waals surface area contributed by atoms with Gasteiger partial charge in [0.25, 0.3) is 0 Å². The second-order valence-electron chi connectivity index (χ2n) is 6.49. The lowest BCUT2D eigenvalue weighted by Crippen LogP contribution is -2.15. The molecule has 4 rings (SSSR count). The van der Waals surface area contributed by atoms with Gasteiger partial charge in [0.2, 0.25) is 5.43 Å². The normalized spacial score (nSPS) is 18.8. The van der Waals surface area contributed by atoms with E-state index in [0.29, 0.717) is 22.1 Å². The minimum Gasteiger partial charge on any atom is -0.507 e. The minimum absolute atomic E-state index is 0.0421. The summed E-state index contributed by atoms with van der Waals surface area (Å²) in [5.74, 6) is -0.932. The van der Waals surface area contributed by atoms with Crippen molar-refractivity contribution in [2.24, 2.45) is 0 Å². The molecule has 2 heterocycles. The van der Waals surface area contributed by atoms with Crippen molar-refractivity contribution in [3.05, 3.63) is 50.7 Å². The largest absolute Gasteiger partial charge is 0.507 e. The van der Waals surface area contributed by atoms with E-state index in [1.807, 2.05) is 13.0 Å². The number of hydrogen-bond acceptors (Lipinski definition) is 7. The van der Waals surface area contributed by atoms with Crippen LogP contribution in [0, 0.1) is 13.8 Å². The maximum absolute atomic E-state index is 13.1. The molecule has 0 saturated heterocycles. The number of rotatable bonds is 2. The van der Waals surface area contributed by atoms with Crippen LogP contribution < -0.4 is 5.43 Å². The van der Waals surface area contributed by atoms with Gasteiger partial charge in [-0.1, -0.05) is 12.1 Å². The van der Waals surface area contributed by atoms with Crippen molar-refractivity contribution in [3.63, 3.8) is 0 Å². The Balaban J connectivity index is 2.19. The fourth-order valence-electron chi connectivity index (χ4n) is 3.71. The van der Waals surface area contributed by atoms with Gasteiger partial charge in [0.15, 0.2) is 12.4 Å². The Labute approximate surface area is 154 Å². The average Bonchev–Trinajstić information content (AvgIpc) is 3.06. The van der Waals surface area contributed by atoms with E-state index in [9.17, 15) is 14.7 Å². The molecule has 0 spiro atoms. The van der Waals surface area contributed by atoms with Crippen LogP contribution in [0.1, 0.15) is 34.6 Å². The molecule has 1 aliphatic heterocycles. The topological polar surface area (TPSA) is 95.2 Å². The highest BCUT2D eigenvalue weighted by atomic mass is 16.7. The third-order valence-electron chi connectivity index (χ3n) is 5.03. The summed E-state index contributed by atoms with van der Waals surface area (Å²) in [7, 11) is 2.64. The molecular formula is C20H18O7. The molecule has 7 heteroatoms. The molecule has 140 valence electrons. The van der Waals surface area contributed by atoms with Gasteiger partial charge in [-0.2, -0.15) is 0 Å². The predicted molar refractivity (Wildman–Crippen MR) is 96.7 cm³/mol. The van der Waals surface area contributed by atoms with Gasteiger partial charge in [-0.25, -0.2) is 4.79 Å². The Hall–Kier alpha value is -2.90. The molecule has 2 atom stereocenters. The summed E-state index contributed by atoms with van der Waals surface area (Å²) >= 11 is 0. The van der Waals surface area contributed by atoms with Gasteiger partial charge in [0.05, 0.1) is 18.1 Å². The molecule has 0 radical (unpaired) electrons. The van der Waals surface area contributed by atoms with Crippen LogP contribution in [0.15, 0.2) is 27.4 Å². The average molecular weight is 370 g/mol. The lowest BCUT2D eigenvalue weighted by molar-refractivity contribution is -0.178. The first-order valence-corrected chi connectivity index (χ1v) is 8.38. The number of hydrogen-bond donors (Lipinski definition) is 1. The van der Waals surface area contributed by atoms with Gasteiger partial charge in [-0.05, 0) is 31.0 Å². The Kier molecular flexibility index (Phi) is 3.94. The third-order valence-corrected chi connectivity index (χ3v) is 5.03. The number of methoxy groups -OCH3 is 2. The van der Waals surface area contributed by atoms with Gasteiger partial charge >= 0.3 is 5.97 Å². The van der Waals surface area contributed by atoms with Crippen LogP contribution >= 0.6 is 0 Å². The lowest BCUT2D eigenvalue weighted by atomic mass is 9.94. The number of ether oxygens (including phenoxy) is 3. The summed E-state index contributed by atoms with van der Waals surface area (Å²) in [6, 6.07) is 5.24. The predicted octanol–water partition coefficient (Wildman–Crippen LogP) is 3.16. The van der Waals surface area contributed by atoms with Crippen LogP contribution in [-0.4, -0.2) is 25.3 Å². The summed E-state index contributed by atoms with van der Waals surface area (Å²) < 4.78 is 21.7. The van der Waals surface area contributed by atoms with Crippen molar-refractivity contribution in [1.29, 1.82) is 0 Å². The first kappa shape index (κ1) is 17.5. The van der Waals surface area contributed by atoms with Crippen molar-refractivity contribution in [1.82, 2.24) is 0 Å². The number of para-hydroxylation sites is 1. The van der Waals surface area contributed by atoms with Crippen molar-refractivity contribution < 1.29 is 28.5 Å². The second kappa shape index (κ2) is 6.07. The Morgan fingerprint density at radius 1 is 1.15 bits per heavy atom. The molecule has 7 nitrogen and oxygen atoms in total. The zero-order valence-corrected chi connectivity index (χ0v) is 15.3. The number of benzene rings is 2. The molecule has 1 aliphatic rings. The molecule has 1 aromatic heterocycles. The molecule has 0 bridgehead atoms. The molecule has 0 saturated carbocycles. The Morgan fingerprint density at radius 2 is 1.89 bits per heavy atom. The number of aromatic hydroxyl groups is 1. The van der Waals surface area contributed by atoms with Crippen molar-refractivity contribution >= 4 is 27.9 Å². The molecule has 0 aliphatic carbocycles. The van der Waals surface area contributed by atoms with E-state index in [0.717, 1.165) is 5.56 Å². The van der Waals surface area contributed by atoms with Crippen LogP contribution in [0.2, 0.25) is 0 Å². The molecular weight excluding hydrogens is 352 g/mol. The first-order chi connectivity index (χ1) is 12.9. The van der Waals surface area contributed by atoms with Crippen LogP contribution in [-0.2, 0) is 19.0 Å². The van der Waals surface area contributed by atoms with Crippen molar-refractivity contribution in [2.45, 2.75) is 26.2 Å². The first-order valence-electron chi connectivity index (χ1n) is 8.38. The van der Waals surface area contributed by atoms with Crippen molar-refractivity contribution in [2.75, 3.05) is 14.2 Å². The zero-order chi connectivity index (χ0) is 19.5. The van der Waals surface area contributed by atoms with Gasteiger partial charge in [-0.15, -0.1) is 0 Å². The number of carbonyl (C=O) groups excluding carboxylic acids is 1. The molecule has 27 heavy (non-hydrogen) atoms. The number of esters is 1. The van der Waals surface area contributed by atoms with Crippen molar-refractivity contribution in [3.8, 4) is 5.75 Å². The maximum Gasteiger partial charge on any atom is 0.339 e. The standard InChI is InChI=1S/C20H18O7/c1-8-6-5-7-10-14(21)13-15(22)12-11(9(2)17(13)26-16(8)10)18(19(23)24-3)27-20(12)25-4/h5-7,18,20,22H,1-4H3. The number of phenolic OH excluding ortho intramolecular Hbond substituents is 1. The van der Waals surface area contributed by atoms with Gasteiger partial charge in [0, 0.05) is 12.7 Å². The lowest BCUT2D eigenvalue weighted by Gasteiger charge is -2.14. The maximum atomic E-state index is 13.1. The fourth-order valence-corrected chi connectivity index (χ4v) is 3.71. The summed E-state index contributed by atoms with van der Waals surface area (Å²) in [6.07, 6.45) is -2.08. The SMILES string of the molecule is COC(=O)C1OC(OC)c2c1c(C)c1oc3c(C)cccc3c(=O)c1c2O.